The zero-order valence-electron chi connectivity index (χ0n) is 12.5. The van der Waals surface area contributed by atoms with Gasteiger partial charge in [0, 0.05) is 43.3 Å². The second kappa shape index (κ2) is 6.83. The first-order valence-electron chi connectivity index (χ1n) is 7.45. The number of rotatable bonds is 3. The maximum absolute atomic E-state index is 12.1. The number of amides is 1. The average molecular weight is 308 g/mol. The lowest BCUT2D eigenvalue weighted by atomic mass is 10.0. The van der Waals surface area contributed by atoms with Crippen LogP contribution in [0, 0.1) is 11.3 Å². The van der Waals surface area contributed by atoms with Gasteiger partial charge in [0.05, 0.1) is 0 Å². The number of carbonyl (C=O) groups excluding carboxylic acids is 1. The minimum absolute atomic E-state index is 0.0754. The van der Waals surface area contributed by atoms with Crippen molar-refractivity contribution in [3.05, 3.63) is 48.0 Å². The molecular weight excluding hydrogens is 292 g/mol. The van der Waals surface area contributed by atoms with Gasteiger partial charge in [-0.05, 0) is 31.0 Å². The van der Waals surface area contributed by atoms with Crippen LogP contribution in [0.1, 0.15) is 28.9 Å². The summed E-state index contributed by atoms with van der Waals surface area (Å²) in [7, 11) is 0. The molecule has 7 heteroatoms. The van der Waals surface area contributed by atoms with Gasteiger partial charge in [0.2, 0.25) is 5.95 Å². The molecule has 1 saturated heterocycles. The lowest BCUT2D eigenvalue weighted by Crippen LogP contribution is -2.45. The Hall–Kier alpha value is -3.01. The highest BCUT2D eigenvalue weighted by atomic mass is 16.1. The predicted octanol–water partition coefficient (Wildman–Crippen LogP) is 1.14. The summed E-state index contributed by atoms with van der Waals surface area (Å²) in [6.45, 7) is 1.49. The third-order valence-corrected chi connectivity index (χ3v) is 3.81. The van der Waals surface area contributed by atoms with E-state index < -0.39 is 0 Å². The van der Waals surface area contributed by atoms with E-state index in [1.807, 2.05) is 11.0 Å². The van der Waals surface area contributed by atoms with Gasteiger partial charge in [-0.2, -0.15) is 5.26 Å². The molecule has 1 fully saturated rings. The molecule has 0 saturated carbocycles. The lowest BCUT2D eigenvalue weighted by Gasteiger charge is -2.32. The Morgan fingerprint density at radius 1 is 1.22 bits per heavy atom. The van der Waals surface area contributed by atoms with E-state index in [0.717, 1.165) is 25.9 Å². The summed E-state index contributed by atoms with van der Waals surface area (Å²) in [5.41, 5.74) is 0.982. The number of piperidine rings is 1. The molecule has 23 heavy (non-hydrogen) atoms. The third-order valence-electron chi connectivity index (χ3n) is 3.81. The molecule has 3 rings (SSSR count). The Kier molecular flexibility index (Phi) is 4.43. The molecule has 0 aliphatic carbocycles. The summed E-state index contributed by atoms with van der Waals surface area (Å²) in [6, 6.07) is 7.14. The van der Waals surface area contributed by atoms with Gasteiger partial charge >= 0.3 is 0 Å². The fourth-order valence-electron chi connectivity index (χ4n) is 2.56. The molecule has 116 valence electrons. The molecule has 2 aromatic heterocycles. The van der Waals surface area contributed by atoms with Gasteiger partial charge in [-0.3, -0.25) is 9.78 Å². The molecule has 2 aromatic rings. The predicted molar refractivity (Wildman–Crippen MR) is 83.7 cm³/mol. The van der Waals surface area contributed by atoms with Crippen LogP contribution in [0.25, 0.3) is 0 Å². The molecule has 0 bridgehead atoms. The standard InChI is InChI=1S/C16H16N6O/c17-11-14-3-8-19-16(21-14)22-9-4-13(5-10-22)20-15(23)12-1-6-18-7-2-12/h1-3,6-8,13H,4-5,9-10H2,(H,20,23). The van der Waals surface area contributed by atoms with Crippen LogP contribution in [0.15, 0.2) is 36.8 Å². The quantitative estimate of drug-likeness (QED) is 0.913. The van der Waals surface area contributed by atoms with Crippen molar-refractivity contribution in [1.29, 1.82) is 5.26 Å². The van der Waals surface area contributed by atoms with Crippen LogP contribution in [-0.4, -0.2) is 40.0 Å². The van der Waals surface area contributed by atoms with E-state index >= 15 is 0 Å². The van der Waals surface area contributed by atoms with Crippen molar-refractivity contribution in [2.24, 2.45) is 0 Å². The van der Waals surface area contributed by atoms with Gasteiger partial charge in [0.25, 0.3) is 5.91 Å². The number of nitrogens with one attached hydrogen (secondary N) is 1. The van der Waals surface area contributed by atoms with E-state index in [-0.39, 0.29) is 11.9 Å². The largest absolute Gasteiger partial charge is 0.349 e. The smallest absolute Gasteiger partial charge is 0.251 e. The molecular formula is C16H16N6O. The zero-order valence-corrected chi connectivity index (χ0v) is 12.5. The van der Waals surface area contributed by atoms with Gasteiger partial charge in [-0.15, -0.1) is 0 Å². The summed E-state index contributed by atoms with van der Waals surface area (Å²) in [6.07, 6.45) is 6.44. The fraction of sp³-hybridized carbons (Fsp3) is 0.312. The molecule has 3 heterocycles. The van der Waals surface area contributed by atoms with Crippen molar-refractivity contribution < 1.29 is 4.79 Å². The molecule has 0 atom stereocenters. The number of hydrogen-bond donors (Lipinski definition) is 1. The second-order valence-corrected chi connectivity index (χ2v) is 5.32. The minimum Gasteiger partial charge on any atom is -0.349 e. The SMILES string of the molecule is N#Cc1ccnc(N2CCC(NC(=O)c3ccncc3)CC2)n1. The summed E-state index contributed by atoms with van der Waals surface area (Å²) < 4.78 is 0. The van der Waals surface area contributed by atoms with Gasteiger partial charge in [-0.1, -0.05) is 0 Å². The van der Waals surface area contributed by atoms with Crippen molar-refractivity contribution in [2.45, 2.75) is 18.9 Å². The van der Waals surface area contributed by atoms with Gasteiger partial charge in [0.15, 0.2) is 0 Å². The van der Waals surface area contributed by atoms with Crippen molar-refractivity contribution in [1.82, 2.24) is 20.3 Å². The van der Waals surface area contributed by atoms with E-state index in [1.54, 1.807) is 36.8 Å². The number of nitrogens with zero attached hydrogens (tertiary/aromatic N) is 5. The highest BCUT2D eigenvalue weighted by Gasteiger charge is 2.22. The maximum Gasteiger partial charge on any atom is 0.251 e. The van der Waals surface area contributed by atoms with Crippen LogP contribution in [0.3, 0.4) is 0 Å². The Balaban J connectivity index is 1.56. The van der Waals surface area contributed by atoms with Crippen molar-refractivity contribution in [2.75, 3.05) is 18.0 Å². The summed E-state index contributed by atoms with van der Waals surface area (Å²) in [4.78, 5) is 26.5. The number of carbonyl (C=O) groups is 1. The number of anilines is 1. The topological polar surface area (TPSA) is 94.8 Å². The Morgan fingerprint density at radius 2 is 1.96 bits per heavy atom. The number of nitriles is 1. The molecule has 0 radical (unpaired) electrons. The van der Waals surface area contributed by atoms with Crippen LogP contribution in [0.4, 0.5) is 5.95 Å². The first-order valence-corrected chi connectivity index (χ1v) is 7.45. The lowest BCUT2D eigenvalue weighted by molar-refractivity contribution is 0.0931. The van der Waals surface area contributed by atoms with Crippen molar-refractivity contribution in [3.8, 4) is 6.07 Å². The van der Waals surface area contributed by atoms with Crippen LogP contribution in [0.5, 0.6) is 0 Å². The molecule has 0 aromatic carbocycles. The molecule has 7 nitrogen and oxygen atoms in total. The summed E-state index contributed by atoms with van der Waals surface area (Å²) >= 11 is 0. The second-order valence-electron chi connectivity index (χ2n) is 5.32. The highest BCUT2D eigenvalue weighted by molar-refractivity contribution is 5.94. The van der Waals surface area contributed by atoms with Crippen molar-refractivity contribution in [3.63, 3.8) is 0 Å². The summed E-state index contributed by atoms with van der Waals surface area (Å²) in [5.74, 6) is 0.497. The number of pyridine rings is 1. The third kappa shape index (κ3) is 3.61. The molecule has 1 amide bonds. The summed E-state index contributed by atoms with van der Waals surface area (Å²) in [5, 5.41) is 11.9. The zero-order chi connectivity index (χ0) is 16.1. The normalized spacial score (nSPS) is 15.0. The molecule has 1 N–H and O–H groups in total. The van der Waals surface area contributed by atoms with Crippen LogP contribution >= 0.6 is 0 Å². The van der Waals surface area contributed by atoms with Crippen LogP contribution < -0.4 is 10.2 Å². The number of hydrogen-bond acceptors (Lipinski definition) is 6. The Bertz CT molecular complexity index is 719. The highest BCUT2D eigenvalue weighted by Crippen LogP contribution is 2.16. The van der Waals surface area contributed by atoms with E-state index in [9.17, 15) is 4.79 Å². The van der Waals surface area contributed by atoms with E-state index in [1.165, 1.54) is 0 Å². The molecule has 1 aliphatic heterocycles. The first kappa shape index (κ1) is 14.9. The van der Waals surface area contributed by atoms with Crippen LogP contribution in [0.2, 0.25) is 0 Å². The van der Waals surface area contributed by atoms with E-state index in [4.69, 9.17) is 5.26 Å². The first-order chi connectivity index (χ1) is 11.3. The van der Waals surface area contributed by atoms with E-state index in [0.29, 0.717) is 17.2 Å². The number of aromatic nitrogens is 3. The van der Waals surface area contributed by atoms with Crippen molar-refractivity contribution >= 4 is 11.9 Å². The Morgan fingerprint density at radius 3 is 2.65 bits per heavy atom. The van der Waals surface area contributed by atoms with Gasteiger partial charge in [0.1, 0.15) is 11.8 Å². The fourth-order valence-corrected chi connectivity index (χ4v) is 2.56. The van der Waals surface area contributed by atoms with Crippen LogP contribution in [-0.2, 0) is 0 Å². The monoisotopic (exact) mass is 308 g/mol. The Labute approximate surface area is 134 Å². The van der Waals surface area contributed by atoms with Gasteiger partial charge in [-0.25, -0.2) is 9.97 Å². The van der Waals surface area contributed by atoms with Gasteiger partial charge < -0.3 is 10.2 Å². The maximum atomic E-state index is 12.1. The molecule has 0 spiro atoms. The molecule has 0 unspecified atom stereocenters. The molecule has 1 aliphatic rings. The minimum atomic E-state index is -0.0754. The van der Waals surface area contributed by atoms with E-state index in [2.05, 4.69) is 20.3 Å². The average Bonchev–Trinajstić information content (AvgIpc) is 2.63.